The number of nitrogen functional groups attached to an aromatic ring is 1. The van der Waals surface area contributed by atoms with Crippen LogP contribution in [0.3, 0.4) is 0 Å². The van der Waals surface area contributed by atoms with E-state index in [2.05, 4.69) is 17.1 Å². The summed E-state index contributed by atoms with van der Waals surface area (Å²) in [6.07, 6.45) is 3.50. The number of rotatable bonds is 5. The molecule has 1 amide bonds. The van der Waals surface area contributed by atoms with Gasteiger partial charge in [0.15, 0.2) is 6.61 Å². The maximum Gasteiger partial charge on any atom is 0.262 e. The Bertz CT molecular complexity index is 767. The fourth-order valence-electron chi connectivity index (χ4n) is 3.23. The second-order valence-electron chi connectivity index (χ2n) is 6.58. The summed E-state index contributed by atoms with van der Waals surface area (Å²) < 4.78 is 5.48. The van der Waals surface area contributed by atoms with Crippen molar-refractivity contribution >= 4 is 34.6 Å². The lowest BCUT2D eigenvalue weighted by Gasteiger charge is -2.36. The van der Waals surface area contributed by atoms with Crippen molar-refractivity contribution in [2.24, 2.45) is 0 Å². The maximum absolute atomic E-state index is 12.2. The highest BCUT2D eigenvalue weighted by Crippen LogP contribution is 2.36. The van der Waals surface area contributed by atoms with Gasteiger partial charge in [-0.05, 0) is 50.5 Å². The maximum atomic E-state index is 12.2. The molecule has 5 nitrogen and oxygen atoms in total. The molecule has 138 valence electrons. The molecule has 3 rings (SSSR count). The zero-order chi connectivity index (χ0) is 18.5. The fraction of sp³-hybridized carbons (Fsp3) is 0.350. The second-order valence-corrected chi connectivity index (χ2v) is 6.99. The molecule has 1 aliphatic rings. The first-order chi connectivity index (χ1) is 12.5. The molecule has 2 aromatic carbocycles. The Labute approximate surface area is 159 Å². The van der Waals surface area contributed by atoms with E-state index in [1.165, 1.54) is 6.42 Å². The quantitative estimate of drug-likeness (QED) is 0.766. The van der Waals surface area contributed by atoms with Crippen molar-refractivity contribution in [2.75, 3.05) is 29.1 Å². The van der Waals surface area contributed by atoms with E-state index in [0.717, 1.165) is 25.1 Å². The average molecular weight is 374 g/mol. The second kappa shape index (κ2) is 8.32. The number of ether oxygens (including phenoxy) is 1. The van der Waals surface area contributed by atoms with Crippen LogP contribution in [-0.4, -0.2) is 25.1 Å². The van der Waals surface area contributed by atoms with Crippen LogP contribution in [0.25, 0.3) is 0 Å². The molecule has 0 saturated carbocycles. The first-order valence-corrected chi connectivity index (χ1v) is 9.26. The number of halogens is 1. The van der Waals surface area contributed by atoms with Gasteiger partial charge in [0.2, 0.25) is 0 Å². The number of amides is 1. The molecule has 26 heavy (non-hydrogen) atoms. The molecule has 3 N–H and O–H groups in total. The van der Waals surface area contributed by atoms with Gasteiger partial charge in [0.25, 0.3) is 5.91 Å². The first-order valence-electron chi connectivity index (χ1n) is 8.88. The van der Waals surface area contributed by atoms with Gasteiger partial charge in [0.05, 0.1) is 22.1 Å². The lowest BCUT2D eigenvalue weighted by molar-refractivity contribution is -0.118. The fourth-order valence-corrected chi connectivity index (χ4v) is 3.45. The molecule has 1 heterocycles. The third kappa shape index (κ3) is 4.41. The average Bonchev–Trinajstić information content (AvgIpc) is 2.64. The number of anilines is 3. The summed E-state index contributed by atoms with van der Waals surface area (Å²) in [5, 5.41) is 3.24. The van der Waals surface area contributed by atoms with Crippen LogP contribution in [0.1, 0.15) is 26.2 Å². The van der Waals surface area contributed by atoms with Gasteiger partial charge >= 0.3 is 0 Å². The molecular weight excluding hydrogens is 350 g/mol. The Morgan fingerprint density at radius 2 is 2.08 bits per heavy atom. The number of hydrogen-bond donors (Lipinski definition) is 2. The van der Waals surface area contributed by atoms with Crippen molar-refractivity contribution in [1.82, 2.24) is 0 Å². The molecule has 0 aliphatic carbocycles. The Balaban J connectivity index is 1.70. The van der Waals surface area contributed by atoms with E-state index >= 15 is 0 Å². The molecular formula is C20H24ClN3O2. The van der Waals surface area contributed by atoms with E-state index in [1.807, 2.05) is 24.3 Å². The topological polar surface area (TPSA) is 67.6 Å². The van der Waals surface area contributed by atoms with E-state index in [-0.39, 0.29) is 12.5 Å². The third-order valence-electron chi connectivity index (χ3n) is 4.62. The molecule has 6 heteroatoms. The van der Waals surface area contributed by atoms with E-state index in [9.17, 15) is 4.79 Å². The van der Waals surface area contributed by atoms with Crippen LogP contribution in [0.4, 0.5) is 17.1 Å². The minimum atomic E-state index is -0.266. The molecule has 1 atom stereocenters. The number of hydrogen-bond acceptors (Lipinski definition) is 4. The van der Waals surface area contributed by atoms with Crippen molar-refractivity contribution < 1.29 is 9.53 Å². The SMILES string of the molecule is C[C@H]1CCCCN1c1cc(NC(=O)COc2ccccc2)c(Cl)cc1N. The van der Waals surface area contributed by atoms with Gasteiger partial charge in [-0.2, -0.15) is 0 Å². The van der Waals surface area contributed by atoms with E-state index in [0.29, 0.717) is 28.2 Å². The molecule has 0 aromatic heterocycles. The summed E-state index contributed by atoms with van der Waals surface area (Å²) in [5.74, 6) is 0.382. The number of nitrogens with zero attached hydrogens (tertiary/aromatic N) is 1. The molecule has 0 unspecified atom stereocenters. The number of carbonyl (C=O) groups excluding carboxylic acids is 1. The van der Waals surface area contributed by atoms with Gasteiger partial charge in [-0.25, -0.2) is 0 Å². The van der Waals surface area contributed by atoms with Crippen LogP contribution in [-0.2, 0) is 4.79 Å². The van der Waals surface area contributed by atoms with Gasteiger partial charge < -0.3 is 20.7 Å². The van der Waals surface area contributed by atoms with Gasteiger partial charge in [0, 0.05) is 12.6 Å². The van der Waals surface area contributed by atoms with Gasteiger partial charge in [0.1, 0.15) is 5.75 Å². The number of piperidine rings is 1. The summed E-state index contributed by atoms with van der Waals surface area (Å²) in [6, 6.07) is 13.2. The number of nitrogens with two attached hydrogens (primary N) is 1. The lowest BCUT2D eigenvalue weighted by Crippen LogP contribution is -2.37. The molecule has 1 fully saturated rings. The van der Waals surface area contributed by atoms with Crippen molar-refractivity contribution in [3.8, 4) is 5.75 Å². The molecule has 0 radical (unpaired) electrons. The molecule has 0 bridgehead atoms. The Kier molecular flexibility index (Phi) is 5.89. The lowest BCUT2D eigenvalue weighted by atomic mass is 10.0. The Morgan fingerprint density at radius 1 is 1.31 bits per heavy atom. The van der Waals surface area contributed by atoms with Crippen LogP contribution >= 0.6 is 11.6 Å². The van der Waals surface area contributed by atoms with Crippen LogP contribution in [0.15, 0.2) is 42.5 Å². The Hall–Kier alpha value is -2.40. The molecule has 1 saturated heterocycles. The highest BCUT2D eigenvalue weighted by molar-refractivity contribution is 6.34. The summed E-state index contributed by atoms with van der Waals surface area (Å²) in [6.45, 7) is 3.07. The van der Waals surface area contributed by atoms with Crippen molar-refractivity contribution in [3.05, 3.63) is 47.5 Å². The summed E-state index contributed by atoms with van der Waals surface area (Å²) in [4.78, 5) is 14.5. The zero-order valence-corrected chi connectivity index (χ0v) is 15.6. The highest BCUT2D eigenvalue weighted by Gasteiger charge is 2.22. The normalized spacial score (nSPS) is 17.0. The predicted molar refractivity (Wildman–Crippen MR) is 107 cm³/mol. The van der Waals surface area contributed by atoms with Gasteiger partial charge in [-0.15, -0.1) is 0 Å². The zero-order valence-electron chi connectivity index (χ0n) is 14.9. The highest BCUT2D eigenvalue weighted by atomic mass is 35.5. The van der Waals surface area contributed by atoms with Crippen molar-refractivity contribution in [3.63, 3.8) is 0 Å². The standard InChI is InChI=1S/C20H24ClN3O2/c1-14-7-5-6-10-24(14)19-12-18(16(21)11-17(19)22)23-20(25)13-26-15-8-3-2-4-9-15/h2-4,8-9,11-12,14H,5-7,10,13,22H2,1H3,(H,23,25)/t14-/m0/s1. The molecule has 2 aromatic rings. The number of carbonyl (C=O) groups is 1. The van der Waals surface area contributed by atoms with Crippen LogP contribution in [0.5, 0.6) is 5.75 Å². The third-order valence-corrected chi connectivity index (χ3v) is 4.93. The number of para-hydroxylation sites is 1. The molecule has 1 aliphatic heterocycles. The van der Waals surface area contributed by atoms with Crippen molar-refractivity contribution in [1.29, 1.82) is 0 Å². The first kappa shape index (κ1) is 18.4. The van der Waals surface area contributed by atoms with Crippen LogP contribution < -0.4 is 20.7 Å². The van der Waals surface area contributed by atoms with Crippen molar-refractivity contribution in [2.45, 2.75) is 32.2 Å². The van der Waals surface area contributed by atoms with Gasteiger partial charge in [-0.3, -0.25) is 4.79 Å². The van der Waals surface area contributed by atoms with E-state index in [4.69, 9.17) is 22.1 Å². The Morgan fingerprint density at radius 3 is 2.81 bits per heavy atom. The van der Waals surface area contributed by atoms with Crippen LogP contribution in [0.2, 0.25) is 5.02 Å². The van der Waals surface area contributed by atoms with E-state index in [1.54, 1.807) is 18.2 Å². The predicted octanol–water partition coefficient (Wildman–Crippen LogP) is 4.32. The molecule has 0 spiro atoms. The summed E-state index contributed by atoms with van der Waals surface area (Å²) in [5.41, 5.74) is 8.28. The number of benzene rings is 2. The minimum absolute atomic E-state index is 0.0832. The van der Waals surface area contributed by atoms with E-state index < -0.39 is 0 Å². The number of nitrogens with one attached hydrogen (secondary N) is 1. The summed E-state index contributed by atoms with van der Waals surface area (Å²) >= 11 is 6.28. The van der Waals surface area contributed by atoms with Crippen LogP contribution in [0, 0.1) is 0 Å². The smallest absolute Gasteiger partial charge is 0.262 e. The minimum Gasteiger partial charge on any atom is -0.484 e. The largest absolute Gasteiger partial charge is 0.484 e. The van der Waals surface area contributed by atoms with Gasteiger partial charge in [-0.1, -0.05) is 29.8 Å². The monoisotopic (exact) mass is 373 g/mol. The summed E-state index contributed by atoms with van der Waals surface area (Å²) in [7, 11) is 0.